The number of benzene rings is 2. The van der Waals surface area contributed by atoms with Crippen LogP contribution in [-0.4, -0.2) is 44.2 Å². The van der Waals surface area contributed by atoms with Crippen LogP contribution in [0, 0.1) is 6.92 Å². The zero-order valence-electron chi connectivity index (χ0n) is 18.6. The Balaban J connectivity index is 1.51. The van der Waals surface area contributed by atoms with Crippen molar-refractivity contribution in [2.75, 3.05) is 18.4 Å². The van der Waals surface area contributed by atoms with Gasteiger partial charge in [-0.1, -0.05) is 18.2 Å². The number of anilines is 1. The number of carbonyl (C=O) groups excluding carboxylic acids is 2. The predicted molar refractivity (Wildman–Crippen MR) is 126 cm³/mol. The maximum atomic E-state index is 12.9. The van der Waals surface area contributed by atoms with Gasteiger partial charge < -0.3 is 14.8 Å². The lowest BCUT2D eigenvalue weighted by Gasteiger charge is -2.19. The van der Waals surface area contributed by atoms with E-state index in [1.54, 1.807) is 10.9 Å². The van der Waals surface area contributed by atoms with Crippen LogP contribution in [0.3, 0.4) is 0 Å². The Labute approximate surface area is 187 Å². The number of likely N-dealkylation sites (N-methyl/N-ethyl adjacent to an activating group) is 1. The zero-order chi connectivity index (χ0) is 22.7. The van der Waals surface area contributed by atoms with Gasteiger partial charge in [-0.2, -0.15) is 5.10 Å². The minimum atomic E-state index is -0.208. The number of hydrogen-bond acceptors (Lipinski definition) is 3. The standard InChI is InChI=1S/C25H27N5O2/c1-4-28(5-2)24(31)17-29-14-13-19-15-20(11-12-23(19)29)27-25(32)22-16-26-30(18(22)3)21-9-7-6-8-10-21/h6-16H,4-5,17H2,1-3H3,(H,27,32). The molecule has 2 heterocycles. The number of rotatable bonds is 7. The Morgan fingerprint density at radius 3 is 2.50 bits per heavy atom. The molecule has 0 aliphatic heterocycles. The topological polar surface area (TPSA) is 72.2 Å². The highest BCUT2D eigenvalue weighted by atomic mass is 16.2. The molecule has 0 unspecified atom stereocenters. The molecule has 0 fully saturated rings. The Morgan fingerprint density at radius 2 is 1.78 bits per heavy atom. The van der Waals surface area contributed by atoms with Gasteiger partial charge in [-0.3, -0.25) is 9.59 Å². The van der Waals surface area contributed by atoms with E-state index in [1.807, 2.05) is 91.0 Å². The number of amides is 2. The van der Waals surface area contributed by atoms with E-state index in [9.17, 15) is 9.59 Å². The molecule has 4 rings (SSSR count). The number of fused-ring (bicyclic) bond motifs is 1. The summed E-state index contributed by atoms with van der Waals surface area (Å²) in [4.78, 5) is 27.2. The van der Waals surface area contributed by atoms with Crippen LogP contribution >= 0.6 is 0 Å². The Bertz CT molecular complexity index is 1250. The molecule has 7 nitrogen and oxygen atoms in total. The van der Waals surface area contributed by atoms with Crippen LogP contribution < -0.4 is 5.32 Å². The van der Waals surface area contributed by atoms with Crippen molar-refractivity contribution in [3.8, 4) is 5.69 Å². The average Bonchev–Trinajstić information content (AvgIpc) is 3.38. The fraction of sp³-hybridized carbons (Fsp3) is 0.240. The minimum Gasteiger partial charge on any atom is -0.342 e. The van der Waals surface area contributed by atoms with Gasteiger partial charge in [0.15, 0.2) is 0 Å². The third-order valence-corrected chi connectivity index (χ3v) is 5.71. The van der Waals surface area contributed by atoms with E-state index in [4.69, 9.17) is 0 Å². The average molecular weight is 430 g/mol. The van der Waals surface area contributed by atoms with E-state index in [0.717, 1.165) is 22.3 Å². The number of nitrogens with one attached hydrogen (secondary N) is 1. The molecule has 0 spiro atoms. The number of nitrogens with zero attached hydrogens (tertiary/aromatic N) is 4. The molecule has 2 aromatic heterocycles. The van der Waals surface area contributed by atoms with Crippen LogP contribution in [0.1, 0.15) is 29.9 Å². The van der Waals surface area contributed by atoms with Gasteiger partial charge in [-0.25, -0.2) is 4.68 Å². The first-order valence-corrected chi connectivity index (χ1v) is 10.8. The molecular weight excluding hydrogens is 402 g/mol. The van der Waals surface area contributed by atoms with Gasteiger partial charge in [0.2, 0.25) is 5.91 Å². The number of para-hydroxylation sites is 1. The molecule has 164 valence electrons. The molecule has 4 aromatic rings. The molecule has 2 amide bonds. The second kappa shape index (κ2) is 9.09. The van der Waals surface area contributed by atoms with E-state index < -0.39 is 0 Å². The molecular formula is C25H27N5O2. The monoisotopic (exact) mass is 429 g/mol. The summed E-state index contributed by atoms with van der Waals surface area (Å²) in [6.07, 6.45) is 3.50. The third kappa shape index (κ3) is 4.14. The van der Waals surface area contributed by atoms with Gasteiger partial charge in [0.1, 0.15) is 6.54 Å². The maximum absolute atomic E-state index is 12.9. The Morgan fingerprint density at radius 1 is 1.03 bits per heavy atom. The lowest BCUT2D eigenvalue weighted by atomic mass is 10.2. The molecule has 1 N–H and O–H groups in total. The second-order valence-corrected chi connectivity index (χ2v) is 7.63. The summed E-state index contributed by atoms with van der Waals surface area (Å²) in [5.74, 6) is -0.115. The van der Waals surface area contributed by atoms with Crippen molar-refractivity contribution >= 4 is 28.4 Å². The molecule has 7 heteroatoms. The lowest BCUT2D eigenvalue weighted by molar-refractivity contribution is -0.131. The summed E-state index contributed by atoms with van der Waals surface area (Å²) < 4.78 is 3.70. The number of hydrogen-bond donors (Lipinski definition) is 1. The summed E-state index contributed by atoms with van der Waals surface area (Å²) in [6, 6.07) is 17.4. The molecule has 0 aliphatic rings. The second-order valence-electron chi connectivity index (χ2n) is 7.63. The zero-order valence-corrected chi connectivity index (χ0v) is 18.6. The molecule has 0 radical (unpaired) electrons. The van der Waals surface area contributed by atoms with Crippen molar-refractivity contribution in [2.24, 2.45) is 0 Å². The van der Waals surface area contributed by atoms with Gasteiger partial charge in [0.05, 0.1) is 23.1 Å². The van der Waals surface area contributed by atoms with Gasteiger partial charge in [-0.05, 0) is 57.2 Å². The summed E-state index contributed by atoms with van der Waals surface area (Å²) in [7, 11) is 0. The van der Waals surface area contributed by atoms with Crippen LogP contribution in [0.25, 0.3) is 16.6 Å². The van der Waals surface area contributed by atoms with Crippen molar-refractivity contribution in [1.29, 1.82) is 0 Å². The van der Waals surface area contributed by atoms with Gasteiger partial charge in [-0.15, -0.1) is 0 Å². The van der Waals surface area contributed by atoms with Gasteiger partial charge in [0.25, 0.3) is 5.91 Å². The Hall–Kier alpha value is -3.87. The summed E-state index contributed by atoms with van der Waals surface area (Å²) in [6.45, 7) is 7.54. The minimum absolute atomic E-state index is 0.0933. The molecule has 2 aromatic carbocycles. The van der Waals surface area contributed by atoms with Crippen molar-refractivity contribution in [2.45, 2.75) is 27.3 Å². The fourth-order valence-electron chi connectivity index (χ4n) is 3.90. The first kappa shape index (κ1) is 21.4. The first-order chi connectivity index (χ1) is 15.5. The van der Waals surface area contributed by atoms with Crippen molar-refractivity contribution in [3.05, 3.63) is 78.2 Å². The third-order valence-electron chi connectivity index (χ3n) is 5.71. The van der Waals surface area contributed by atoms with E-state index in [0.29, 0.717) is 30.9 Å². The molecule has 32 heavy (non-hydrogen) atoms. The quantitative estimate of drug-likeness (QED) is 0.477. The summed E-state index contributed by atoms with van der Waals surface area (Å²) in [5.41, 5.74) is 3.86. The number of aromatic nitrogens is 3. The van der Waals surface area contributed by atoms with E-state index in [1.165, 1.54) is 0 Å². The molecule has 0 saturated heterocycles. The van der Waals surface area contributed by atoms with Crippen LogP contribution in [0.5, 0.6) is 0 Å². The fourth-order valence-corrected chi connectivity index (χ4v) is 3.90. The Kier molecular flexibility index (Phi) is 6.07. The molecule has 0 atom stereocenters. The largest absolute Gasteiger partial charge is 0.342 e. The van der Waals surface area contributed by atoms with Crippen LogP contribution in [0.4, 0.5) is 5.69 Å². The van der Waals surface area contributed by atoms with Crippen molar-refractivity contribution in [3.63, 3.8) is 0 Å². The smallest absolute Gasteiger partial charge is 0.259 e. The van der Waals surface area contributed by atoms with Gasteiger partial charge >= 0.3 is 0 Å². The SMILES string of the molecule is CCN(CC)C(=O)Cn1ccc2cc(NC(=O)c3cnn(-c4ccccc4)c3C)ccc21. The van der Waals surface area contributed by atoms with Crippen LogP contribution in [0.15, 0.2) is 67.0 Å². The molecule has 0 aliphatic carbocycles. The summed E-state index contributed by atoms with van der Waals surface area (Å²) in [5, 5.41) is 8.30. The first-order valence-electron chi connectivity index (χ1n) is 10.8. The van der Waals surface area contributed by atoms with Gasteiger partial charge in [0, 0.05) is 35.9 Å². The van der Waals surface area contributed by atoms with E-state index in [2.05, 4.69) is 10.4 Å². The predicted octanol–water partition coefficient (Wildman–Crippen LogP) is 4.26. The molecule has 0 saturated carbocycles. The van der Waals surface area contributed by atoms with Crippen molar-refractivity contribution in [1.82, 2.24) is 19.2 Å². The van der Waals surface area contributed by atoms with Crippen LogP contribution in [0.2, 0.25) is 0 Å². The van der Waals surface area contributed by atoms with E-state index >= 15 is 0 Å². The van der Waals surface area contributed by atoms with Crippen LogP contribution in [-0.2, 0) is 11.3 Å². The maximum Gasteiger partial charge on any atom is 0.259 e. The van der Waals surface area contributed by atoms with Crippen molar-refractivity contribution < 1.29 is 9.59 Å². The highest BCUT2D eigenvalue weighted by Crippen LogP contribution is 2.22. The molecule has 0 bridgehead atoms. The highest BCUT2D eigenvalue weighted by molar-refractivity contribution is 6.05. The summed E-state index contributed by atoms with van der Waals surface area (Å²) >= 11 is 0. The lowest BCUT2D eigenvalue weighted by Crippen LogP contribution is -2.33. The normalized spacial score (nSPS) is 11.0. The van der Waals surface area contributed by atoms with E-state index in [-0.39, 0.29) is 11.8 Å². The highest BCUT2D eigenvalue weighted by Gasteiger charge is 2.16. The number of carbonyl (C=O) groups is 2.